The van der Waals surface area contributed by atoms with E-state index >= 15 is 0 Å². The first-order valence-electron chi connectivity index (χ1n) is 4.36. The fourth-order valence-corrected chi connectivity index (χ4v) is 0.823. The summed E-state index contributed by atoms with van der Waals surface area (Å²) in [4.78, 5) is 0. The third-order valence-electron chi connectivity index (χ3n) is 1.44. The Kier molecular flexibility index (Phi) is 5.54. The third kappa shape index (κ3) is 4.69. The Morgan fingerprint density at radius 1 is 1.29 bits per heavy atom. The van der Waals surface area contributed by atoms with E-state index in [1.54, 1.807) is 12.3 Å². The van der Waals surface area contributed by atoms with E-state index in [0.717, 1.165) is 19.0 Å². The van der Waals surface area contributed by atoms with Crippen LogP contribution in [0.5, 0.6) is 0 Å². The van der Waals surface area contributed by atoms with E-state index in [9.17, 15) is 0 Å². The number of hydrogen-bond donors (Lipinski definition) is 0. The Morgan fingerprint density at radius 3 is 2.50 bits per heavy atom. The molecule has 2 aliphatic heterocycles. The van der Waals surface area contributed by atoms with Crippen LogP contribution in [0.1, 0.15) is 6.42 Å². The molecule has 0 atom stereocenters. The molecule has 0 aromatic rings. The standard InChI is InChI=1S/C7H8O2.C3H6O2/c1-2-3-7-6-8-4-5-9-7;1-2-5-3-4-1/h2,4-6H,1,3H2;1-3H2. The van der Waals surface area contributed by atoms with Gasteiger partial charge in [0, 0.05) is 6.42 Å². The van der Waals surface area contributed by atoms with Crippen molar-refractivity contribution in [3.8, 4) is 0 Å². The molecule has 1 fully saturated rings. The van der Waals surface area contributed by atoms with Gasteiger partial charge in [-0.1, -0.05) is 6.08 Å². The smallest absolute Gasteiger partial charge is 0.146 e. The highest BCUT2D eigenvalue weighted by atomic mass is 16.7. The first-order valence-corrected chi connectivity index (χ1v) is 4.36. The average molecular weight is 198 g/mol. The lowest BCUT2D eigenvalue weighted by molar-refractivity contribution is 0.0692. The Bertz CT molecular complexity index is 205. The summed E-state index contributed by atoms with van der Waals surface area (Å²) in [6, 6.07) is 0. The molecule has 0 aromatic carbocycles. The highest BCUT2D eigenvalue weighted by molar-refractivity contribution is 4.99. The van der Waals surface area contributed by atoms with Gasteiger partial charge in [-0.05, 0) is 0 Å². The van der Waals surface area contributed by atoms with Crippen LogP contribution in [0.4, 0.5) is 0 Å². The second kappa shape index (κ2) is 7.17. The predicted octanol–water partition coefficient (Wildman–Crippen LogP) is 1.91. The average Bonchev–Trinajstić information content (AvgIpc) is 2.78. The van der Waals surface area contributed by atoms with Gasteiger partial charge in [0.15, 0.2) is 0 Å². The first kappa shape index (κ1) is 10.8. The van der Waals surface area contributed by atoms with Gasteiger partial charge in [0.2, 0.25) is 0 Å². The van der Waals surface area contributed by atoms with Crippen LogP contribution in [0.25, 0.3) is 0 Å². The zero-order valence-electron chi connectivity index (χ0n) is 7.98. The molecule has 4 heteroatoms. The van der Waals surface area contributed by atoms with Crippen molar-refractivity contribution in [1.82, 2.24) is 0 Å². The lowest BCUT2D eigenvalue weighted by Crippen LogP contribution is -1.89. The summed E-state index contributed by atoms with van der Waals surface area (Å²) in [6.45, 7) is 5.61. The molecule has 0 aliphatic carbocycles. The highest BCUT2D eigenvalue weighted by Gasteiger charge is 1.96. The molecule has 2 aliphatic rings. The molecule has 1 saturated heterocycles. The Morgan fingerprint density at radius 2 is 2.07 bits per heavy atom. The molecule has 0 spiro atoms. The lowest BCUT2D eigenvalue weighted by Gasteiger charge is -2.06. The minimum Gasteiger partial charge on any atom is -0.466 e. The second-order valence-corrected chi connectivity index (χ2v) is 2.54. The minimum absolute atomic E-state index is 0.500. The van der Waals surface area contributed by atoms with E-state index in [1.165, 1.54) is 12.5 Å². The van der Waals surface area contributed by atoms with E-state index in [2.05, 4.69) is 6.58 Å². The van der Waals surface area contributed by atoms with Crippen molar-refractivity contribution in [3.05, 3.63) is 37.2 Å². The van der Waals surface area contributed by atoms with Crippen molar-refractivity contribution in [1.29, 1.82) is 0 Å². The maximum Gasteiger partial charge on any atom is 0.146 e. The van der Waals surface area contributed by atoms with Crippen molar-refractivity contribution in [3.63, 3.8) is 0 Å². The summed E-state index contributed by atoms with van der Waals surface area (Å²) in [7, 11) is 0. The van der Waals surface area contributed by atoms with Crippen LogP contribution in [0, 0.1) is 0 Å². The molecule has 4 nitrogen and oxygen atoms in total. The summed E-state index contributed by atoms with van der Waals surface area (Å²) < 4.78 is 19.3. The van der Waals surface area contributed by atoms with E-state index in [-0.39, 0.29) is 0 Å². The Balaban J connectivity index is 0.000000165. The molecular weight excluding hydrogens is 184 g/mol. The number of ether oxygens (including phenoxy) is 4. The zero-order chi connectivity index (χ0) is 10.1. The molecule has 78 valence electrons. The van der Waals surface area contributed by atoms with Gasteiger partial charge in [-0.25, -0.2) is 0 Å². The first-order chi connectivity index (χ1) is 6.93. The largest absolute Gasteiger partial charge is 0.466 e. The van der Waals surface area contributed by atoms with Gasteiger partial charge in [0.25, 0.3) is 0 Å². The lowest BCUT2D eigenvalue weighted by atomic mass is 10.4. The fourth-order valence-electron chi connectivity index (χ4n) is 0.823. The molecule has 0 radical (unpaired) electrons. The van der Waals surface area contributed by atoms with Crippen LogP contribution in [0.3, 0.4) is 0 Å². The topological polar surface area (TPSA) is 36.9 Å². The van der Waals surface area contributed by atoms with Gasteiger partial charge in [0.05, 0.1) is 13.2 Å². The van der Waals surface area contributed by atoms with E-state index in [4.69, 9.17) is 18.9 Å². The number of rotatable bonds is 2. The molecule has 0 saturated carbocycles. The van der Waals surface area contributed by atoms with Crippen molar-refractivity contribution < 1.29 is 18.9 Å². The van der Waals surface area contributed by atoms with Crippen molar-refractivity contribution in [2.24, 2.45) is 0 Å². The Labute approximate surface area is 83.4 Å². The van der Waals surface area contributed by atoms with Crippen LogP contribution in [-0.2, 0) is 18.9 Å². The van der Waals surface area contributed by atoms with Gasteiger partial charge in [-0.15, -0.1) is 6.58 Å². The second-order valence-electron chi connectivity index (χ2n) is 2.54. The quantitative estimate of drug-likeness (QED) is 0.635. The van der Waals surface area contributed by atoms with Crippen LogP contribution >= 0.6 is 0 Å². The summed E-state index contributed by atoms with van der Waals surface area (Å²) in [6.07, 6.45) is 7.01. The maximum atomic E-state index is 5.00. The normalized spacial score (nSPS) is 18.4. The predicted molar refractivity (Wildman–Crippen MR) is 51.0 cm³/mol. The van der Waals surface area contributed by atoms with Gasteiger partial charge < -0.3 is 18.9 Å². The van der Waals surface area contributed by atoms with Crippen LogP contribution < -0.4 is 0 Å². The molecule has 2 rings (SSSR count). The minimum atomic E-state index is 0.500. The Hall–Kier alpha value is -1.26. The van der Waals surface area contributed by atoms with Gasteiger partial charge in [0.1, 0.15) is 31.3 Å². The van der Waals surface area contributed by atoms with E-state index in [1.807, 2.05) is 0 Å². The third-order valence-corrected chi connectivity index (χ3v) is 1.44. The van der Waals surface area contributed by atoms with Crippen molar-refractivity contribution in [2.45, 2.75) is 6.42 Å². The molecule has 0 N–H and O–H groups in total. The van der Waals surface area contributed by atoms with Crippen LogP contribution in [0.15, 0.2) is 37.2 Å². The molecule has 0 unspecified atom stereocenters. The highest BCUT2D eigenvalue weighted by Crippen LogP contribution is 2.08. The number of allylic oxidation sites excluding steroid dienone is 1. The maximum absolute atomic E-state index is 5.00. The number of hydrogen-bond acceptors (Lipinski definition) is 4. The summed E-state index contributed by atoms with van der Waals surface area (Å²) >= 11 is 0. The molecule has 0 amide bonds. The van der Waals surface area contributed by atoms with Crippen molar-refractivity contribution in [2.75, 3.05) is 20.0 Å². The summed E-state index contributed by atoms with van der Waals surface area (Å²) in [5, 5.41) is 0. The molecule has 0 bridgehead atoms. The fraction of sp³-hybridized carbons (Fsp3) is 0.400. The van der Waals surface area contributed by atoms with Gasteiger partial charge in [-0.2, -0.15) is 0 Å². The van der Waals surface area contributed by atoms with E-state index in [0.29, 0.717) is 13.2 Å². The SMILES string of the molecule is C1COCO1.C=CCC1=COC=CO1. The van der Waals surface area contributed by atoms with Gasteiger partial charge in [-0.3, -0.25) is 0 Å². The molecule has 14 heavy (non-hydrogen) atoms. The van der Waals surface area contributed by atoms with Gasteiger partial charge >= 0.3 is 0 Å². The molecule has 2 heterocycles. The molecule has 0 aromatic heterocycles. The van der Waals surface area contributed by atoms with E-state index < -0.39 is 0 Å². The zero-order valence-corrected chi connectivity index (χ0v) is 7.98. The van der Waals surface area contributed by atoms with Crippen LogP contribution in [-0.4, -0.2) is 20.0 Å². The summed E-state index contributed by atoms with van der Waals surface area (Å²) in [5.74, 6) is 0.785. The van der Waals surface area contributed by atoms with Crippen LogP contribution in [0.2, 0.25) is 0 Å². The van der Waals surface area contributed by atoms with Crippen molar-refractivity contribution >= 4 is 0 Å². The monoisotopic (exact) mass is 198 g/mol. The molecular formula is C10H14O4. The summed E-state index contributed by atoms with van der Waals surface area (Å²) in [5.41, 5.74) is 0.